The fourth-order valence-corrected chi connectivity index (χ4v) is 4.45. The average molecular weight is 442 g/mol. The summed E-state index contributed by atoms with van der Waals surface area (Å²) in [4.78, 5) is 33.2. The molecule has 1 aromatic heterocycles. The first-order chi connectivity index (χ1) is 15.4. The molecular weight excluding hydrogens is 415 g/mol. The second kappa shape index (κ2) is 9.10. The highest BCUT2D eigenvalue weighted by Gasteiger charge is 2.46. The van der Waals surface area contributed by atoms with Crippen LogP contribution in [0, 0.1) is 11.2 Å². The van der Waals surface area contributed by atoms with Crippen molar-refractivity contribution in [1.82, 2.24) is 14.7 Å². The van der Waals surface area contributed by atoms with Crippen molar-refractivity contribution in [2.75, 3.05) is 19.7 Å². The van der Waals surface area contributed by atoms with E-state index in [0.717, 1.165) is 11.3 Å². The number of hydrogen-bond acceptors (Lipinski definition) is 6. The number of likely N-dealkylation sites (tertiary alicyclic amines) is 1. The number of piperidine rings is 1. The molecule has 4 rings (SSSR count). The largest absolute Gasteiger partial charge is 0.466 e. The van der Waals surface area contributed by atoms with E-state index in [1.54, 1.807) is 47.9 Å². The summed E-state index contributed by atoms with van der Waals surface area (Å²) >= 11 is 0. The van der Waals surface area contributed by atoms with E-state index in [0.29, 0.717) is 51.1 Å². The molecular formula is C23H27FN4O4. The summed E-state index contributed by atoms with van der Waals surface area (Å²) in [5.74, 6) is -0.661. The maximum absolute atomic E-state index is 13.2. The van der Waals surface area contributed by atoms with E-state index in [1.165, 1.54) is 12.1 Å². The maximum Gasteiger partial charge on any atom is 0.312 e. The van der Waals surface area contributed by atoms with Gasteiger partial charge in [0.05, 0.1) is 17.7 Å². The molecule has 9 heteroatoms. The third-order valence-electron chi connectivity index (χ3n) is 6.29. The van der Waals surface area contributed by atoms with Crippen LogP contribution in [0.3, 0.4) is 0 Å². The minimum absolute atomic E-state index is 0.0958. The van der Waals surface area contributed by atoms with Crippen LogP contribution in [0.25, 0.3) is 0 Å². The second-order valence-corrected chi connectivity index (χ2v) is 8.31. The summed E-state index contributed by atoms with van der Waals surface area (Å²) in [6.45, 7) is 2.97. The highest BCUT2D eigenvalue weighted by atomic mass is 19.1. The lowest BCUT2D eigenvalue weighted by molar-refractivity contribution is -0.161. The number of carbonyl (C=O) groups excluding carboxylic acids is 2. The van der Waals surface area contributed by atoms with Gasteiger partial charge in [0.2, 0.25) is 0 Å². The van der Waals surface area contributed by atoms with Gasteiger partial charge in [-0.25, -0.2) is 4.39 Å². The van der Waals surface area contributed by atoms with E-state index in [1.807, 2.05) is 0 Å². The van der Waals surface area contributed by atoms with Crippen molar-refractivity contribution in [2.45, 2.75) is 38.7 Å². The molecule has 1 unspecified atom stereocenters. The predicted molar refractivity (Wildman–Crippen MR) is 114 cm³/mol. The zero-order valence-corrected chi connectivity index (χ0v) is 18.3. The van der Waals surface area contributed by atoms with Crippen molar-refractivity contribution in [2.24, 2.45) is 17.6 Å². The quantitative estimate of drug-likeness (QED) is 0.642. The number of esters is 1. The van der Waals surface area contributed by atoms with Crippen LogP contribution < -0.4 is 0 Å². The van der Waals surface area contributed by atoms with Crippen LogP contribution in [-0.4, -0.2) is 58.1 Å². The SMILES string of the molecule is CCOC(=O)C1(CC2CC(c3ccc(F)cc3)=NO2)CCN(C(=O)c2ccnn2C)CC1. The van der Waals surface area contributed by atoms with Gasteiger partial charge in [-0.05, 0) is 43.5 Å². The first-order valence-corrected chi connectivity index (χ1v) is 10.8. The third kappa shape index (κ3) is 4.37. The predicted octanol–water partition coefficient (Wildman–Crippen LogP) is 2.93. The van der Waals surface area contributed by atoms with Crippen LogP contribution in [0.15, 0.2) is 41.7 Å². The molecule has 1 atom stereocenters. The fraction of sp³-hybridized carbons (Fsp3) is 0.478. The Morgan fingerprint density at radius 2 is 1.94 bits per heavy atom. The number of nitrogens with zero attached hydrogens (tertiary/aromatic N) is 4. The number of halogens is 1. The van der Waals surface area contributed by atoms with Gasteiger partial charge in [0.25, 0.3) is 5.91 Å². The molecule has 0 saturated carbocycles. The van der Waals surface area contributed by atoms with Gasteiger partial charge in [0.1, 0.15) is 17.6 Å². The molecule has 0 radical (unpaired) electrons. The number of oxime groups is 1. The Kier molecular flexibility index (Phi) is 6.25. The van der Waals surface area contributed by atoms with Gasteiger partial charge in [-0.3, -0.25) is 14.3 Å². The Bertz CT molecular complexity index is 1010. The van der Waals surface area contributed by atoms with Crippen molar-refractivity contribution in [1.29, 1.82) is 0 Å². The van der Waals surface area contributed by atoms with Crippen LogP contribution in [0.4, 0.5) is 4.39 Å². The smallest absolute Gasteiger partial charge is 0.312 e. The van der Waals surface area contributed by atoms with E-state index in [-0.39, 0.29) is 23.8 Å². The summed E-state index contributed by atoms with van der Waals surface area (Å²) in [6.07, 6.45) is 3.27. The lowest BCUT2D eigenvalue weighted by Crippen LogP contribution is -2.48. The molecule has 2 aromatic rings. The first-order valence-electron chi connectivity index (χ1n) is 10.8. The van der Waals surface area contributed by atoms with E-state index < -0.39 is 5.41 Å². The summed E-state index contributed by atoms with van der Waals surface area (Å²) in [6, 6.07) is 7.81. The Balaban J connectivity index is 1.43. The van der Waals surface area contributed by atoms with Gasteiger partial charge in [0.15, 0.2) is 0 Å². The number of benzene rings is 1. The summed E-state index contributed by atoms with van der Waals surface area (Å²) in [5, 5.41) is 8.24. The highest BCUT2D eigenvalue weighted by Crippen LogP contribution is 2.40. The summed E-state index contributed by atoms with van der Waals surface area (Å²) in [5.41, 5.74) is 1.32. The Hall–Kier alpha value is -3.23. The van der Waals surface area contributed by atoms with E-state index >= 15 is 0 Å². The minimum Gasteiger partial charge on any atom is -0.466 e. The number of carbonyl (C=O) groups is 2. The topological polar surface area (TPSA) is 86.0 Å². The van der Waals surface area contributed by atoms with Crippen molar-refractivity contribution >= 4 is 17.6 Å². The number of rotatable bonds is 6. The van der Waals surface area contributed by atoms with Crippen LogP contribution in [-0.2, 0) is 21.4 Å². The van der Waals surface area contributed by atoms with Crippen LogP contribution in [0.2, 0.25) is 0 Å². The minimum atomic E-state index is -0.738. The van der Waals surface area contributed by atoms with Gasteiger partial charge in [0, 0.05) is 39.2 Å². The monoisotopic (exact) mass is 442 g/mol. The number of aromatic nitrogens is 2. The van der Waals surface area contributed by atoms with E-state index in [4.69, 9.17) is 9.57 Å². The number of aryl methyl sites for hydroxylation is 1. The molecule has 32 heavy (non-hydrogen) atoms. The molecule has 1 fully saturated rings. The fourth-order valence-electron chi connectivity index (χ4n) is 4.45. The van der Waals surface area contributed by atoms with Crippen molar-refractivity contribution in [3.05, 3.63) is 53.6 Å². The van der Waals surface area contributed by atoms with Gasteiger partial charge < -0.3 is 14.5 Å². The van der Waals surface area contributed by atoms with Crippen LogP contribution in [0.5, 0.6) is 0 Å². The summed E-state index contributed by atoms with van der Waals surface area (Å²) in [7, 11) is 1.73. The normalized spacial score (nSPS) is 19.9. The van der Waals surface area contributed by atoms with Gasteiger partial charge in [-0.1, -0.05) is 17.3 Å². The first kappa shape index (κ1) is 22.0. The average Bonchev–Trinajstić information content (AvgIpc) is 3.43. The van der Waals surface area contributed by atoms with Crippen LogP contribution in [0.1, 0.15) is 48.7 Å². The third-order valence-corrected chi connectivity index (χ3v) is 6.29. The lowest BCUT2D eigenvalue weighted by atomic mass is 9.73. The zero-order valence-electron chi connectivity index (χ0n) is 18.3. The number of hydrogen-bond donors (Lipinski definition) is 0. The molecule has 0 spiro atoms. The molecule has 170 valence electrons. The number of amides is 1. The second-order valence-electron chi connectivity index (χ2n) is 8.31. The molecule has 0 bridgehead atoms. The Morgan fingerprint density at radius 3 is 2.56 bits per heavy atom. The molecule has 8 nitrogen and oxygen atoms in total. The standard InChI is InChI=1S/C23H27FN4O4/c1-3-31-22(30)23(9-12-28(13-10-23)21(29)20-8-11-25-27(20)2)15-18-14-19(26-32-18)16-4-6-17(24)7-5-16/h4-8,11,18H,3,9-10,12-15H2,1-2H3. The van der Waals surface area contributed by atoms with Gasteiger partial charge >= 0.3 is 5.97 Å². The molecule has 2 aliphatic heterocycles. The Morgan fingerprint density at radius 1 is 1.22 bits per heavy atom. The molecule has 2 aliphatic rings. The summed E-state index contributed by atoms with van der Waals surface area (Å²) < 4.78 is 20.2. The van der Waals surface area contributed by atoms with Crippen molar-refractivity contribution in [3.63, 3.8) is 0 Å². The zero-order chi connectivity index (χ0) is 22.7. The highest BCUT2D eigenvalue weighted by molar-refractivity contribution is 6.01. The van der Waals surface area contributed by atoms with E-state index in [2.05, 4.69) is 10.3 Å². The molecule has 1 saturated heterocycles. The lowest BCUT2D eigenvalue weighted by Gasteiger charge is -2.40. The number of ether oxygens (including phenoxy) is 1. The molecule has 1 amide bonds. The van der Waals surface area contributed by atoms with Crippen molar-refractivity contribution < 1.29 is 23.6 Å². The van der Waals surface area contributed by atoms with Gasteiger partial charge in [-0.2, -0.15) is 5.10 Å². The molecule has 1 aromatic carbocycles. The Labute approximate surface area is 186 Å². The van der Waals surface area contributed by atoms with Gasteiger partial charge in [-0.15, -0.1) is 0 Å². The van der Waals surface area contributed by atoms with Crippen molar-refractivity contribution in [3.8, 4) is 0 Å². The molecule has 3 heterocycles. The van der Waals surface area contributed by atoms with Crippen LogP contribution >= 0.6 is 0 Å². The maximum atomic E-state index is 13.2. The van der Waals surface area contributed by atoms with E-state index in [9.17, 15) is 14.0 Å². The molecule has 0 N–H and O–H groups in total. The molecule has 0 aliphatic carbocycles.